The molecule has 3 rings (SSSR count). The minimum atomic E-state index is -0.434. The van der Waals surface area contributed by atoms with Crippen molar-refractivity contribution in [2.24, 2.45) is 0 Å². The summed E-state index contributed by atoms with van der Waals surface area (Å²) in [6.45, 7) is 2.62. The number of hydrogen-bond donors (Lipinski definition) is 2. The van der Waals surface area contributed by atoms with Crippen LogP contribution in [0.5, 0.6) is 0 Å². The van der Waals surface area contributed by atoms with Gasteiger partial charge in [0.15, 0.2) is 0 Å². The van der Waals surface area contributed by atoms with Crippen LogP contribution in [0.2, 0.25) is 5.02 Å². The summed E-state index contributed by atoms with van der Waals surface area (Å²) in [5.74, 6) is -0.222. The number of amides is 1. The van der Waals surface area contributed by atoms with Crippen LogP contribution in [0.1, 0.15) is 21.6 Å². The molecule has 0 atom stereocenters. The number of nitrogens with one attached hydrogen (secondary N) is 2. The molecule has 7 nitrogen and oxygen atoms in total. The molecule has 1 amide bonds. The number of rotatable bonds is 4. The van der Waals surface area contributed by atoms with Gasteiger partial charge in [0, 0.05) is 0 Å². The Balaban J connectivity index is 1.70. The second-order valence-corrected chi connectivity index (χ2v) is 5.15. The van der Waals surface area contributed by atoms with Gasteiger partial charge in [-0.15, -0.1) is 5.10 Å². The topological polar surface area (TPSA) is 88.5 Å². The molecule has 8 heteroatoms. The van der Waals surface area contributed by atoms with Crippen LogP contribution >= 0.6 is 11.6 Å². The summed E-state index contributed by atoms with van der Waals surface area (Å²) in [6, 6.07) is 8.02. The molecule has 0 bridgehead atoms. The molecule has 1 aromatic carbocycles. The summed E-state index contributed by atoms with van der Waals surface area (Å²) < 4.78 is 1.66. The van der Waals surface area contributed by atoms with Gasteiger partial charge in [0.1, 0.15) is 12.0 Å². The Morgan fingerprint density at radius 2 is 2.23 bits per heavy atom. The maximum absolute atomic E-state index is 12.0. The number of anilines is 1. The van der Waals surface area contributed by atoms with E-state index in [4.69, 9.17) is 11.6 Å². The molecule has 0 radical (unpaired) electrons. The second-order valence-electron chi connectivity index (χ2n) is 4.74. The summed E-state index contributed by atoms with van der Waals surface area (Å²) in [5, 5.41) is 13.3. The molecule has 0 unspecified atom stereocenters. The van der Waals surface area contributed by atoms with Gasteiger partial charge in [-0.25, -0.2) is 9.67 Å². The van der Waals surface area contributed by atoms with E-state index in [9.17, 15) is 4.79 Å². The molecule has 3 aromatic rings. The molecule has 2 N–H and O–H groups in total. The number of aryl methyl sites for hydroxylation is 1. The maximum Gasteiger partial charge on any atom is 0.277 e. The Morgan fingerprint density at radius 3 is 2.95 bits per heavy atom. The molecule has 0 aliphatic heterocycles. The predicted octanol–water partition coefficient (Wildman–Crippen LogP) is 2.26. The number of aromatic nitrogens is 5. The Kier molecular flexibility index (Phi) is 3.88. The molecule has 0 spiro atoms. The van der Waals surface area contributed by atoms with E-state index in [1.807, 2.05) is 31.2 Å². The van der Waals surface area contributed by atoms with Crippen molar-refractivity contribution in [1.29, 1.82) is 0 Å². The molecule has 0 aliphatic carbocycles. The van der Waals surface area contributed by atoms with E-state index in [2.05, 4.69) is 25.6 Å². The third kappa shape index (κ3) is 2.99. The maximum atomic E-state index is 12.0. The third-order valence-corrected chi connectivity index (χ3v) is 3.46. The highest BCUT2D eigenvalue weighted by Crippen LogP contribution is 2.13. The van der Waals surface area contributed by atoms with Crippen molar-refractivity contribution < 1.29 is 4.79 Å². The smallest absolute Gasteiger partial charge is 0.277 e. The van der Waals surface area contributed by atoms with E-state index < -0.39 is 5.91 Å². The normalized spacial score (nSPS) is 10.6. The first-order valence-electron chi connectivity index (χ1n) is 6.57. The SMILES string of the molecule is Cc1ccccc1Cn1cnc(NC(=O)c2[nH]ncc2Cl)n1. The Bertz CT molecular complexity index is 809. The number of benzene rings is 1. The number of H-pyrrole nitrogens is 1. The molecular weight excluding hydrogens is 304 g/mol. The zero-order valence-electron chi connectivity index (χ0n) is 11.7. The largest absolute Gasteiger partial charge is 0.288 e. The van der Waals surface area contributed by atoms with Crippen molar-refractivity contribution in [2.75, 3.05) is 5.32 Å². The summed E-state index contributed by atoms with van der Waals surface area (Å²) in [7, 11) is 0. The van der Waals surface area contributed by atoms with Gasteiger partial charge in [0.2, 0.25) is 5.95 Å². The lowest BCUT2D eigenvalue weighted by Crippen LogP contribution is -2.14. The summed E-state index contributed by atoms with van der Waals surface area (Å²) in [6.07, 6.45) is 2.93. The first-order valence-corrected chi connectivity index (χ1v) is 6.95. The highest BCUT2D eigenvalue weighted by Gasteiger charge is 2.14. The molecular formula is C14H13ClN6O. The molecule has 0 aliphatic rings. The van der Waals surface area contributed by atoms with Gasteiger partial charge in [-0.3, -0.25) is 15.2 Å². The van der Waals surface area contributed by atoms with E-state index in [-0.39, 0.29) is 16.7 Å². The highest BCUT2D eigenvalue weighted by atomic mass is 35.5. The van der Waals surface area contributed by atoms with Crippen molar-refractivity contribution in [2.45, 2.75) is 13.5 Å². The van der Waals surface area contributed by atoms with Gasteiger partial charge in [-0.2, -0.15) is 5.10 Å². The van der Waals surface area contributed by atoms with Crippen LogP contribution in [-0.2, 0) is 6.54 Å². The Labute approximate surface area is 131 Å². The highest BCUT2D eigenvalue weighted by molar-refractivity contribution is 6.33. The lowest BCUT2D eigenvalue weighted by Gasteiger charge is -2.04. The minimum Gasteiger partial charge on any atom is -0.288 e. The summed E-state index contributed by atoms with van der Waals surface area (Å²) in [5.41, 5.74) is 2.49. The van der Waals surface area contributed by atoms with Crippen LogP contribution in [0, 0.1) is 6.92 Å². The van der Waals surface area contributed by atoms with Gasteiger partial charge >= 0.3 is 0 Å². The molecule has 22 heavy (non-hydrogen) atoms. The summed E-state index contributed by atoms with van der Waals surface area (Å²) in [4.78, 5) is 16.0. The fourth-order valence-electron chi connectivity index (χ4n) is 1.98. The number of nitrogens with zero attached hydrogens (tertiary/aromatic N) is 4. The Hall–Kier alpha value is -2.67. The van der Waals surface area contributed by atoms with Gasteiger partial charge in [-0.05, 0) is 18.1 Å². The van der Waals surface area contributed by atoms with Gasteiger partial charge < -0.3 is 0 Å². The third-order valence-electron chi connectivity index (χ3n) is 3.18. The number of hydrogen-bond acceptors (Lipinski definition) is 4. The van der Waals surface area contributed by atoms with Crippen LogP contribution in [0.3, 0.4) is 0 Å². The Morgan fingerprint density at radius 1 is 1.41 bits per heavy atom. The van der Waals surface area contributed by atoms with Gasteiger partial charge in [-0.1, -0.05) is 35.9 Å². The van der Waals surface area contributed by atoms with Crippen LogP contribution in [0.4, 0.5) is 5.95 Å². The monoisotopic (exact) mass is 316 g/mol. The molecule has 0 saturated carbocycles. The summed E-state index contributed by atoms with van der Waals surface area (Å²) >= 11 is 5.83. The van der Waals surface area contributed by atoms with Crippen molar-refractivity contribution >= 4 is 23.5 Å². The lowest BCUT2D eigenvalue weighted by molar-refractivity contribution is 0.102. The van der Waals surface area contributed by atoms with Crippen molar-refractivity contribution in [3.05, 3.63) is 58.6 Å². The molecule has 0 fully saturated rings. The lowest BCUT2D eigenvalue weighted by atomic mass is 10.1. The molecule has 0 saturated heterocycles. The van der Waals surface area contributed by atoms with Crippen molar-refractivity contribution in [3.8, 4) is 0 Å². The first-order chi connectivity index (χ1) is 10.6. The standard InChI is InChI=1S/C14H13ClN6O/c1-9-4-2-3-5-10(9)7-21-8-16-14(20-21)18-13(22)12-11(15)6-17-19-12/h2-6,8H,7H2,1H3,(H,17,19)(H,18,20,22). The van der Waals surface area contributed by atoms with Crippen LogP contribution in [0.25, 0.3) is 0 Å². The second kappa shape index (κ2) is 5.98. The fourth-order valence-corrected chi connectivity index (χ4v) is 2.16. The molecule has 2 aromatic heterocycles. The quantitative estimate of drug-likeness (QED) is 0.772. The van der Waals surface area contributed by atoms with Crippen molar-refractivity contribution in [1.82, 2.24) is 25.0 Å². The zero-order valence-corrected chi connectivity index (χ0v) is 12.5. The average molecular weight is 317 g/mol. The van der Waals surface area contributed by atoms with E-state index in [0.717, 1.165) is 5.56 Å². The van der Waals surface area contributed by atoms with E-state index in [0.29, 0.717) is 6.54 Å². The first kappa shape index (κ1) is 14.3. The van der Waals surface area contributed by atoms with Crippen molar-refractivity contribution in [3.63, 3.8) is 0 Å². The molecule has 2 heterocycles. The van der Waals surface area contributed by atoms with Gasteiger partial charge in [0.05, 0.1) is 17.8 Å². The van der Waals surface area contributed by atoms with Crippen LogP contribution in [-0.4, -0.2) is 30.9 Å². The van der Waals surface area contributed by atoms with E-state index in [1.54, 1.807) is 11.0 Å². The van der Waals surface area contributed by atoms with E-state index >= 15 is 0 Å². The van der Waals surface area contributed by atoms with E-state index in [1.165, 1.54) is 11.8 Å². The molecule has 112 valence electrons. The number of aromatic amines is 1. The van der Waals surface area contributed by atoms with Gasteiger partial charge in [0.25, 0.3) is 5.91 Å². The van der Waals surface area contributed by atoms with Crippen LogP contribution in [0.15, 0.2) is 36.8 Å². The van der Waals surface area contributed by atoms with Crippen LogP contribution < -0.4 is 5.32 Å². The number of carbonyl (C=O) groups is 1. The zero-order chi connectivity index (χ0) is 15.5. The number of carbonyl (C=O) groups excluding carboxylic acids is 1. The average Bonchev–Trinajstić information content (AvgIpc) is 3.10. The predicted molar refractivity (Wildman–Crippen MR) is 81.9 cm³/mol. The fraction of sp³-hybridized carbons (Fsp3) is 0.143. The minimum absolute atomic E-state index is 0.178. The number of halogens is 1.